The van der Waals surface area contributed by atoms with Crippen LogP contribution in [-0.4, -0.2) is 43.5 Å². The van der Waals surface area contributed by atoms with Crippen molar-refractivity contribution in [1.82, 2.24) is 4.98 Å². The quantitative estimate of drug-likeness (QED) is 0.728. The standard InChI is InChI=1S/C21H25NO6/c1-15(2)28-21(23)19-18-8-9-22-20(19)27-13-5-11-25-17-7-3-6-16(14-17)24-10-4-12-26-18/h3,6-9,14-15H,4-5,10-13H2,1-2H3. The molecule has 0 spiro atoms. The number of carbonyl (C=O) groups excluding carboxylic acids is 1. The summed E-state index contributed by atoms with van der Waals surface area (Å²) in [7, 11) is 0. The summed E-state index contributed by atoms with van der Waals surface area (Å²) >= 11 is 0. The molecule has 1 aliphatic rings. The minimum absolute atomic E-state index is 0.202. The van der Waals surface area contributed by atoms with Crippen LogP contribution >= 0.6 is 0 Å². The van der Waals surface area contributed by atoms with Crippen LogP contribution in [0.25, 0.3) is 0 Å². The van der Waals surface area contributed by atoms with Crippen LogP contribution in [0.2, 0.25) is 0 Å². The summed E-state index contributed by atoms with van der Waals surface area (Å²) in [6, 6.07) is 9.15. The molecule has 2 aromatic rings. The van der Waals surface area contributed by atoms with E-state index in [9.17, 15) is 4.79 Å². The molecule has 0 radical (unpaired) electrons. The van der Waals surface area contributed by atoms with Crippen LogP contribution in [0.15, 0.2) is 36.5 Å². The number of esters is 1. The Labute approximate surface area is 164 Å². The highest BCUT2D eigenvalue weighted by molar-refractivity contribution is 5.95. The molecule has 0 atom stereocenters. The Kier molecular flexibility index (Phi) is 6.94. The van der Waals surface area contributed by atoms with E-state index in [0.717, 1.165) is 11.5 Å². The van der Waals surface area contributed by atoms with Gasteiger partial charge in [0.25, 0.3) is 0 Å². The second-order valence-corrected chi connectivity index (χ2v) is 6.52. The lowest BCUT2D eigenvalue weighted by Gasteiger charge is -2.16. The van der Waals surface area contributed by atoms with E-state index in [1.807, 2.05) is 24.3 Å². The van der Waals surface area contributed by atoms with Crippen molar-refractivity contribution in [2.45, 2.75) is 32.8 Å². The first-order valence-electron chi connectivity index (χ1n) is 9.45. The lowest BCUT2D eigenvalue weighted by atomic mass is 10.2. The second-order valence-electron chi connectivity index (χ2n) is 6.52. The van der Waals surface area contributed by atoms with E-state index in [-0.39, 0.29) is 17.5 Å². The average molecular weight is 387 g/mol. The van der Waals surface area contributed by atoms with Gasteiger partial charge in [0, 0.05) is 25.1 Å². The van der Waals surface area contributed by atoms with Gasteiger partial charge in [-0.2, -0.15) is 0 Å². The van der Waals surface area contributed by atoms with Crippen molar-refractivity contribution in [2.75, 3.05) is 26.4 Å². The van der Waals surface area contributed by atoms with Crippen molar-refractivity contribution < 1.29 is 28.5 Å². The van der Waals surface area contributed by atoms with Crippen LogP contribution in [0.3, 0.4) is 0 Å². The number of carbonyl (C=O) groups is 1. The number of aromatic nitrogens is 1. The molecule has 0 N–H and O–H groups in total. The van der Waals surface area contributed by atoms with Gasteiger partial charge in [-0.05, 0) is 32.0 Å². The molecule has 1 aromatic carbocycles. The molecule has 4 bridgehead atoms. The number of ether oxygens (including phenoxy) is 5. The molecule has 3 rings (SSSR count). The number of rotatable bonds is 2. The van der Waals surface area contributed by atoms with Gasteiger partial charge in [-0.3, -0.25) is 0 Å². The van der Waals surface area contributed by atoms with Gasteiger partial charge < -0.3 is 23.7 Å². The molecule has 1 aliphatic heterocycles. The normalized spacial score (nSPS) is 14.8. The maximum Gasteiger partial charge on any atom is 0.347 e. The van der Waals surface area contributed by atoms with E-state index in [2.05, 4.69) is 4.98 Å². The molecule has 0 fully saturated rings. The van der Waals surface area contributed by atoms with Crippen molar-refractivity contribution in [3.05, 3.63) is 42.1 Å². The summed E-state index contributed by atoms with van der Waals surface area (Å²) in [5, 5.41) is 0. The van der Waals surface area contributed by atoms with Crippen molar-refractivity contribution in [1.29, 1.82) is 0 Å². The van der Waals surface area contributed by atoms with Crippen LogP contribution in [0.5, 0.6) is 23.1 Å². The van der Waals surface area contributed by atoms with E-state index < -0.39 is 5.97 Å². The highest BCUT2D eigenvalue weighted by Crippen LogP contribution is 2.28. The molecule has 28 heavy (non-hydrogen) atoms. The predicted molar refractivity (Wildman–Crippen MR) is 102 cm³/mol. The Morgan fingerprint density at radius 3 is 2.29 bits per heavy atom. The number of fused-ring (bicyclic) bond motifs is 4. The molecular formula is C21H25NO6. The summed E-state index contributed by atoms with van der Waals surface area (Å²) in [6.07, 6.45) is 2.55. The average Bonchev–Trinajstić information content (AvgIpc) is 2.66. The zero-order valence-electron chi connectivity index (χ0n) is 16.2. The lowest BCUT2D eigenvalue weighted by molar-refractivity contribution is 0.0367. The molecule has 0 unspecified atom stereocenters. The molecule has 7 heteroatoms. The van der Waals surface area contributed by atoms with Gasteiger partial charge in [0.05, 0.1) is 32.5 Å². The highest BCUT2D eigenvalue weighted by atomic mass is 16.5. The molecule has 0 aliphatic carbocycles. The van der Waals surface area contributed by atoms with E-state index >= 15 is 0 Å². The second kappa shape index (κ2) is 9.82. The highest BCUT2D eigenvalue weighted by Gasteiger charge is 2.23. The SMILES string of the molecule is CC(C)OC(=O)c1c2ccnc1OCCCOc1cccc(c1)OCCCO2. The van der Waals surface area contributed by atoms with Crippen molar-refractivity contribution in [2.24, 2.45) is 0 Å². The van der Waals surface area contributed by atoms with E-state index in [4.69, 9.17) is 23.7 Å². The first kappa shape index (κ1) is 19.8. The summed E-state index contributed by atoms with van der Waals surface area (Å²) in [5.74, 6) is 1.56. The third kappa shape index (κ3) is 5.52. The monoisotopic (exact) mass is 387 g/mol. The van der Waals surface area contributed by atoms with Crippen molar-refractivity contribution >= 4 is 5.97 Å². The van der Waals surface area contributed by atoms with Gasteiger partial charge in [0.15, 0.2) is 5.56 Å². The van der Waals surface area contributed by atoms with Gasteiger partial charge >= 0.3 is 5.97 Å². The smallest absolute Gasteiger partial charge is 0.347 e. The van der Waals surface area contributed by atoms with Gasteiger partial charge in [-0.15, -0.1) is 0 Å². The van der Waals surface area contributed by atoms with Crippen LogP contribution in [0, 0.1) is 0 Å². The number of hydrogen-bond donors (Lipinski definition) is 0. The van der Waals surface area contributed by atoms with Crippen LogP contribution in [0.4, 0.5) is 0 Å². The Hall–Kier alpha value is -2.96. The number of nitrogens with zero attached hydrogens (tertiary/aromatic N) is 1. The largest absolute Gasteiger partial charge is 0.493 e. The van der Waals surface area contributed by atoms with E-state index in [1.54, 1.807) is 26.1 Å². The number of pyridine rings is 1. The Balaban J connectivity index is 1.77. The fourth-order valence-corrected chi connectivity index (χ4v) is 2.62. The van der Waals surface area contributed by atoms with Crippen LogP contribution in [-0.2, 0) is 4.74 Å². The minimum atomic E-state index is -0.517. The lowest BCUT2D eigenvalue weighted by Crippen LogP contribution is -2.17. The fraction of sp³-hybridized carbons (Fsp3) is 0.429. The first-order chi connectivity index (χ1) is 13.6. The summed E-state index contributed by atoms with van der Waals surface area (Å²) < 4.78 is 28.4. The topological polar surface area (TPSA) is 76.1 Å². The molecule has 150 valence electrons. The predicted octanol–water partition coefficient (Wildman–Crippen LogP) is 3.66. The fourth-order valence-electron chi connectivity index (χ4n) is 2.62. The minimum Gasteiger partial charge on any atom is -0.493 e. The number of benzene rings is 1. The van der Waals surface area contributed by atoms with Gasteiger partial charge in [-0.1, -0.05) is 6.07 Å². The summed E-state index contributed by atoms with van der Waals surface area (Å²) in [5.41, 5.74) is 0.204. The Bertz CT molecular complexity index is 745. The molecule has 0 amide bonds. The third-order valence-electron chi connectivity index (χ3n) is 3.84. The summed E-state index contributed by atoms with van der Waals surface area (Å²) in [4.78, 5) is 16.8. The van der Waals surface area contributed by atoms with Crippen LogP contribution in [0.1, 0.15) is 37.0 Å². The zero-order chi connectivity index (χ0) is 19.8. The summed E-state index contributed by atoms with van der Waals surface area (Å²) in [6.45, 7) is 5.24. The van der Waals surface area contributed by atoms with Crippen molar-refractivity contribution in [3.63, 3.8) is 0 Å². The Morgan fingerprint density at radius 1 is 0.964 bits per heavy atom. The van der Waals surface area contributed by atoms with Crippen molar-refractivity contribution in [3.8, 4) is 23.1 Å². The number of hydrogen-bond acceptors (Lipinski definition) is 7. The van der Waals surface area contributed by atoms with Gasteiger partial charge in [0.2, 0.25) is 5.88 Å². The van der Waals surface area contributed by atoms with Gasteiger partial charge in [-0.25, -0.2) is 9.78 Å². The van der Waals surface area contributed by atoms with E-state index in [0.29, 0.717) is 45.0 Å². The molecule has 0 saturated carbocycles. The maximum atomic E-state index is 12.6. The molecule has 7 nitrogen and oxygen atoms in total. The molecule has 0 saturated heterocycles. The third-order valence-corrected chi connectivity index (χ3v) is 3.84. The molecule has 2 heterocycles. The Morgan fingerprint density at radius 2 is 1.61 bits per heavy atom. The molecule has 1 aromatic heterocycles. The van der Waals surface area contributed by atoms with E-state index in [1.165, 1.54) is 0 Å². The maximum absolute atomic E-state index is 12.6. The zero-order valence-corrected chi connectivity index (χ0v) is 16.2. The van der Waals surface area contributed by atoms with Crippen LogP contribution < -0.4 is 18.9 Å². The molecular weight excluding hydrogens is 362 g/mol. The first-order valence-corrected chi connectivity index (χ1v) is 9.45. The van der Waals surface area contributed by atoms with Gasteiger partial charge in [0.1, 0.15) is 17.2 Å².